The highest BCUT2D eigenvalue weighted by Gasteiger charge is 2.12. The van der Waals surface area contributed by atoms with Crippen LogP contribution in [-0.2, 0) is 0 Å². The van der Waals surface area contributed by atoms with Gasteiger partial charge in [-0.1, -0.05) is 91.0 Å². The van der Waals surface area contributed by atoms with E-state index >= 15 is 0 Å². The van der Waals surface area contributed by atoms with E-state index in [9.17, 15) is 0 Å². The lowest BCUT2D eigenvalue weighted by Gasteiger charge is -2.11. The van der Waals surface area contributed by atoms with Gasteiger partial charge in [0.1, 0.15) is 0 Å². The summed E-state index contributed by atoms with van der Waals surface area (Å²) >= 11 is 0. The van der Waals surface area contributed by atoms with Gasteiger partial charge in [-0.2, -0.15) is 0 Å². The second-order valence-corrected chi connectivity index (χ2v) is 12.6. The summed E-state index contributed by atoms with van der Waals surface area (Å²) in [4.78, 5) is 24.1. The molecule has 0 unspecified atom stereocenters. The molecule has 5 heterocycles. The molecule has 0 aliphatic heterocycles. The molecule has 0 N–H and O–H groups in total. The van der Waals surface area contributed by atoms with E-state index in [4.69, 9.17) is 9.97 Å². The largest absolute Gasteiger partial charge is 0.256 e. The summed E-state index contributed by atoms with van der Waals surface area (Å²) in [6, 6.07) is 50.8. The highest BCUT2D eigenvalue weighted by molar-refractivity contribution is 6.10. The number of nitrogens with zero attached hydrogens (tertiary/aromatic N) is 5. The molecule has 5 heteroatoms. The number of hydrogen-bond acceptors (Lipinski definition) is 5. The zero-order chi connectivity index (χ0) is 33.0. The number of para-hydroxylation sites is 1. The van der Waals surface area contributed by atoms with Crippen LogP contribution < -0.4 is 0 Å². The molecule has 0 bridgehead atoms. The van der Waals surface area contributed by atoms with E-state index in [0.717, 1.165) is 99.3 Å². The van der Waals surface area contributed by atoms with Gasteiger partial charge in [0.05, 0.1) is 39.0 Å². The average molecular weight is 638 g/mol. The molecule has 0 fully saturated rings. The fourth-order valence-corrected chi connectivity index (χ4v) is 7.06. The summed E-state index contributed by atoms with van der Waals surface area (Å²) in [5, 5.41) is 5.48. The molecule has 0 aliphatic carbocycles. The first kappa shape index (κ1) is 28.2. The minimum absolute atomic E-state index is 0.919. The van der Waals surface area contributed by atoms with Crippen molar-refractivity contribution in [3.8, 4) is 44.8 Å². The number of hydrogen-bond donors (Lipinski definition) is 0. The molecule has 10 aromatic rings. The van der Waals surface area contributed by atoms with Crippen molar-refractivity contribution in [3.05, 3.63) is 164 Å². The van der Waals surface area contributed by atoms with Crippen molar-refractivity contribution in [2.24, 2.45) is 0 Å². The van der Waals surface area contributed by atoms with E-state index < -0.39 is 0 Å². The molecule has 5 nitrogen and oxygen atoms in total. The van der Waals surface area contributed by atoms with Crippen LogP contribution in [0.25, 0.3) is 99.3 Å². The Kier molecular flexibility index (Phi) is 6.42. The first-order valence-electron chi connectivity index (χ1n) is 16.6. The molecule has 0 saturated heterocycles. The maximum absolute atomic E-state index is 5.08. The highest BCUT2D eigenvalue weighted by atomic mass is 14.7. The molecule has 50 heavy (non-hydrogen) atoms. The molecule has 232 valence electrons. The maximum atomic E-state index is 5.08. The Bertz CT molecular complexity index is 2930. The monoisotopic (exact) mass is 637 g/mol. The number of fused-ring (bicyclic) bond motifs is 6. The lowest BCUT2D eigenvalue weighted by Crippen LogP contribution is -1.90. The van der Waals surface area contributed by atoms with Crippen molar-refractivity contribution in [2.45, 2.75) is 0 Å². The van der Waals surface area contributed by atoms with E-state index in [1.54, 1.807) is 0 Å². The molecular formula is C45H27N5. The smallest absolute Gasteiger partial charge is 0.0970 e. The summed E-state index contributed by atoms with van der Waals surface area (Å²) in [7, 11) is 0. The van der Waals surface area contributed by atoms with Crippen LogP contribution in [0.15, 0.2) is 164 Å². The molecule has 0 radical (unpaired) electrons. The van der Waals surface area contributed by atoms with Crippen LogP contribution in [0.3, 0.4) is 0 Å². The molecule has 5 aromatic carbocycles. The molecule has 0 amide bonds. The molecule has 10 rings (SSSR count). The van der Waals surface area contributed by atoms with E-state index in [2.05, 4.69) is 142 Å². The van der Waals surface area contributed by atoms with Gasteiger partial charge in [0, 0.05) is 56.6 Å². The van der Waals surface area contributed by atoms with Gasteiger partial charge in [-0.3, -0.25) is 15.0 Å². The Labute approximate surface area is 287 Å². The first-order valence-corrected chi connectivity index (χ1v) is 16.6. The first-order chi connectivity index (χ1) is 24.7. The third-order valence-electron chi connectivity index (χ3n) is 9.58. The van der Waals surface area contributed by atoms with Gasteiger partial charge in [0.15, 0.2) is 0 Å². The topological polar surface area (TPSA) is 64.5 Å². The zero-order valence-corrected chi connectivity index (χ0v) is 26.8. The van der Waals surface area contributed by atoms with Crippen LogP contribution in [-0.4, -0.2) is 24.9 Å². The maximum Gasteiger partial charge on any atom is 0.0970 e. The lowest BCUT2D eigenvalue weighted by atomic mass is 9.96. The van der Waals surface area contributed by atoms with Crippen molar-refractivity contribution in [2.75, 3.05) is 0 Å². The minimum Gasteiger partial charge on any atom is -0.256 e. The lowest BCUT2D eigenvalue weighted by molar-refractivity contribution is 1.37. The van der Waals surface area contributed by atoms with Gasteiger partial charge >= 0.3 is 0 Å². The van der Waals surface area contributed by atoms with Gasteiger partial charge in [-0.05, 0) is 76.9 Å². The van der Waals surface area contributed by atoms with Crippen molar-refractivity contribution in [3.63, 3.8) is 0 Å². The predicted molar refractivity (Wildman–Crippen MR) is 205 cm³/mol. The number of rotatable bonds is 4. The quantitative estimate of drug-likeness (QED) is 0.180. The summed E-state index contributed by atoms with van der Waals surface area (Å²) < 4.78 is 0. The van der Waals surface area contributed by atoms with E-state index in [-0.39, 0.29) is 0 Å². The van der Waals surface area contributed by atoms with E-state index in [0.29, 0.717) is 0 Å². The van der Waals surface area contributed by atoms with Crippen molar-refractivity contribution >= 4 is 54.5 Å². The number of benzene rings is 5. The van der Waals surface area contributed by atoms with Gasteiger partial charge in [-0.15, -0.1) is 0 Å². The Morgan fingerprint density at radius 2 is 0.960 bits per heavy atom. The van der Waals surface area contributed by atoms with Crippen LogP contribution >= 0.6 is 0 Å². The summed E-state index contributed by atoms with van der Waals surface area (Å²) in [5.74, 6) is 0. The Morgan fingerprint density at radius 1 is 0.320 bits per heavy atom. The van der Waals surface area contributed by atoms with E-state index in [1.807, 2.05) is 36.8 Å². The third kappa shape index (κ3) is 4.75. The summed E-state index contributed by atoms with van der Waals surface area (Å²) in [6.07, 6.45) is 5.49. The summed E-state index contributed by atoms with van der Waals surface area (Å²) in [5.41, 5.74) is 13.2. The zero-order valence-electron chi connectivity index (χ0n) is 26.8. The predicted octanol–water partition coefficient (Wildman–Crippen LogP) is 11.1. The molecule has 0 atom stereocenters. The molecule has 0 saturated carbocycles. The third-order valence-corrected chi connectivity index (χ3v) is 9.58. The van der Waals surface area contributed by atoms with Crippen molar-refractivity contribution < 1.29 is 0 Å². The van der Waals surface area contributed by atoms with Crippen LogP contribution in [0.5, 0.6) is 0 Å². The molecule has 5 aromatic heterocycles. The van der Waals surface area contributed by atoms with Crippen molar-refractivity contribution in [1.82, 2.24) is 24.9 Å². The normalized spacial score (nSPS) is 11.6. The standard InChI is InChI=1S/C45H27N5/c1-5-31-6-2-22-46-43(31)37(8-1)41-21-16-30-14-15-33(27-42(30)50-41)32-17-19-40-34(25-32)18-20-39(49-40)29-12-10-28(11-13-29)38-26-35-7-3-23-47-44(35)45-36(38)9-4-24-48-45/h1-27H. The van der Waals surface area contributed by atoms with Crippen LogP contribution in [0.4, 0.5) is 0 Å². The second kappa shape index (κ2) is 11.4. The van der Waals surface area contributed by atoms with Crippen LogP contribution in [0.2, 0.25) is 0 Å². The Morgan fingerprint density at radius 3 is 1.86 bits per heavy atom. The summed E-state index contributed by atoms with van der Waals surface area (Å²) in [6.45, 7) is 0. The van der Waals surface area contributed by atoms with Gasteiger partial charge in [0.2, 0.25) is 0 Å². The molecule has 0 aliphatic rings. The highest BCUT2D eigenvalue weighted by Crippen LogP contribution is 2.35. The van der Waals surface area contributed by atoms with Gasteiger partial charge < -0.3 is 0 Å². The number of pyridine rings is 5. The molecule has 0 spiro atoms. The van der Waals surface area contributed by atoms with Crippen LogP contribution in [0.1, 0.15) is 0 Å². The van der Waals surface area contributed by atoms with Crippen molar-refractivity contribution in [1.29, 1.82) is 0 Å². The second-order valence-electron chi connectivity index (χ2n) is 12.6. The minimum atomic E-state index is 0.919. The van der Waals surface area contributed by atoms with Gasteiger partial charge in [-0.25, -0.2) is 9.97 Å². The van der Waals surface area contributed by atoms with E-state index in [1.165, 1.54) is 0 Å². The fraction of sp³-hybridized carbons (Fsp3) is 0. The van der Waals surface area contributed by atoms with Gasteiger partial charge in [0.25, 0.3) is 0 Å². The Hall–Kier alpha value is -6.85. The SMILES string of the molecule is c1cnc2c(-c3ccc4ccc(-c5ccc6nc(-c7ccc(-c8cc9cccnc9c9ncccc89)cc7)ccc6c5)cc4n3)cccc2c1. The average Bonchev–Trinajstić information content (AvgIpc) is 3.19. The van der Waals surface area contributed by atoms with Crippen LogP contribution in [0, 0.1) is 0 Å². The molecular weight excluding hydrogens is 611 g/mol. The Balaban J connectivity index is 0.967. The number of aromatic nitrogens is 5. The fourth-order valence-electron chi connectivity index (χ4n) is 7.06.